The van der Waals surface area contributed by atoms with Crippen molar-refractivity contribution in [1.29, 1.82) is 0 Å². The lowest BCUT2D eigenvalue weighted by Crippen LogP contribution is -2.53. The van der Waals surface area contributed by atoms with Crippen LogP contribution in [0, 0.1) is 5.92 Å². The quantitative estimate of drug-likeness (QED) is 0.925. The topological polar surface area (TPSA) is 55.6 Å². The molecule has 0 aromatic heterocycles. The van der Waals surface area contributed by atoms with Crippen LogP contribution < -0.4 is 10.5 Å². The van der Waals surface area contributed by atoms with Gasteiger partial charge in [0.05, 0.1) is 13.0 Å². The molecule has 124 valence electrons. The van der Waals surface area contributed by atoms with Crippen molar-refractivity contribution in [3.8, 4) is 5.75 Å². The summed E-state index contributed by atoms with van der Waals surface area (Å²) in [5.74, 6) is 0.882. The number of hydrogen-bond acceptors (Lipinski definition) is 3. The van der Waals surface area contributed by atoms with E-state index >= 15 is 0 Å². The number of halogens is 1. The molecule has 0 aliphatic heterocycles. The van der Waals surface area contributed by atoms with Gasteiger partial charge in [-0.1, -0.05) is 31.0 Å². The van der Waals surface area contributed by atoms with Crippen LogP contribution in [0.4, 0.5) is 0 Å². The Hall–Kier alpha value is -1.26. The third-order valence-electron chi connectivity index (χ3n) is 4.53. The highest BCUT2D eigenvalue weighted by Gasteiger charge is 2.39. The summed E-state index contributed by atoms with van der Waals surface area (Å²) >= 11 is 0. The highest BCUT2D eigenvalue weighted by molar-refractivity contribution is 5.85. The summed E-state index contributed by atoms with van der Waals surface area (Å²) in [4.78, 5) is 14.5. The zero-order valence-corrected chi connectivity index (χ0v) is 14.5. The number of benzene rings is 1. The number of carbonyl (C=O) groups is 1. The van der Waals surface area contributed by atoms with Crippen molar-refractivity contribution in [2.45, 2.75) is 44.7 Å². The van der Waals surface area contributed by atoms with Gasteiger partial charge in [0.2, 0.25) is 5.91 Å². The van der Waals surface area contributed by atoms with Gasteiger partial charge >= 0.3 is 0 Å². The van der Waals surface area contributed by atoms with E-state index in [-0.39, 0.29) is 29.8 Å². The summed E-state index contributed by atoms with van der Waals surface area (Å²) in [6.07, 6.45) is 4.02. The monoisotopic (exact) mass is 326 g/mol. The minimum atomic E-state index is -0.385. The highest BCUT2D eigenvalue weighted by atomic mass is 35.5. The van der Waals surface area contributed by atoms with E-state index in [1.165, 1.54) is 0 Å². The van der Waals surface area contributed by atoms with E-state index in [9.17, 15) is 4.79 Å². The fourth-order valence-electron chi connectivity index (χ4n) is 3.20. The minimum Gasteiger partial charge on any atom is -0.496 e. The Morgan fingerprint density at radius 1 is 1.41 bits per heavy atom. The second-order valence-corrected chi connectivity index (χ2v) is 6.31. The molecular weight excluding hydrogens is 300 g/mol. The molecule has 1 amide bonds. The zero-order valence-electron chi connectivity index (χ0n) is 13.7. The average Bonchev–Trinajstić information content (AvgIpc) is 2.46. The van der Waals surface area contributed by atoms with Crippen molar-refractivity contribution in [1.82, 2.24) is 4.90 Å². The SMILES string of the molecule is COc1ccccc1CN(C)C(=O)C1CCCCC1(C)N.Cl. The number of amides is 1. The van der Waals surface area contributed by atoms with Crippen molar-refractivity contribution in [3.05, 3.63) is 29.8 Å². The Morgan fingerprint density at radius 3 is 2.73 bits per heavy atom. The molecule has 22 heavy (non-hydrogen) atoms. The predicted octanol–water partition coefficient (Wildman–Crippen LogP) is 2.98. The van der Waals surface area contributed by atoms with Crippen molar-refractivity contribution in [3.63, 3.8) is 0 Å². The van der Waals surface area contributed by atoms with Crippen LogP contribution in [0.25, 0.3) is 0 Å². The van der Waals surface area contributed by atoms with Gasteiger partial charge in [0, 0.05) is 24.7 Å². The molecule has 0 radical (unpaired) electrons. The van der Waals surface area contributed by atoms with Crippen LogP contribution in [0.15, 0.2) is 24.3 Å². The van der Waals surface area contributed by atoms with Crippen LogP contribution in [0.2, 0.25) is 0 Å². The first kappa shape index (κ1) is 18.8. The Morgan fingerprint density at radius 2 is 2.09 bits per heavy atom. The van der Waals surface area contributed by atoms with Gasteiger partial charge < -0.3 is 15.4 Å². The highest BCUT2D eigenvalue weighted by Crippen LogP contribution is 2.33. The van der Waals surface area contributed by atoms with Gasteiger partial charge in [-0.2, -0.15) is 0 Å². The molecule has 5 heteroatoms. The van der Waals surface area contributed by atoms with E-state index in [0.717, 1.165) is 37.0 Å². The first-order valence-electron chi connectivity index (χ1n) is 7.61. The molecular formula is C17H27ClN2O2. The maximum Gasteiger partial charge on any atom is 0.227 e. The summed E-state index contributed by atoms with van der Waals surface area (Å²) in [5, 5.41) is 0. The van der Waals surface area contributed by atoms with Crippen molar-refractivity contribution >= 4 is 18.3 Å². The molecule has 4 nitrogen and oxygen atoms in total. The zero-order chi connectivity index (χ0) is 15.5. The number of nitrogens with two attached hydrogens (primary N) is 1. The van der Waals surface area contributed by atoms with Crippen LogP contribution in [-0.2, 0) is 11.3 Å². The van der Waals surface area contributed by atoms with Crippen LogP contribution in [-0.4, -0.2) is 30.5 Å². The fourth-order valence-corrected chi connectivity index (χ4v) is 3.20. The smallest absolute Gasteiger partial charge is 0.227 e. The summed E-state index contributed by atoms with van der Waals surface area (Å²) < 4.78 is 5.35. The Bertz CT molecular complexity index is 505. The summed E-state index contributed by atoms with van der Waals surface area (Å²) in [6.45, 7) is 2.56. The maximum absolute atomic E-state index is 12.7. The molecule has 1 aromatic rings. The van der Waals surface area contributed by atoms with Crippen molar-refractivity contribution in [2.24, 2.45) is 11.7 Å². The largest absolute Gasteiger partial charge is 0.496 e. The van der Waals surface area contributed by atoms with E-state index in [2.05, 4.69) is 0 Å². The van der Waals surface area contributed by atoms with E-state index in [1.807, 2.05) is 38.2 Å². The number of para-hydroxylation sites is 1. The van der Waals surface area contributed by atoms with Crippen LogP contribution in [0.1, 0.15) is 38.2 Å². The molecule has 1 aliphatic rings. The average molecular weight is 327 g/mol. The van der Waals surface area contributed by atoms with E-state index in [1.54, 1.807) is 12.0 Å². The Kier molecular flexibility index (Phi) is 6.69. The van der Waals surface area contributed by atoms with Crippen LogP contribution >= 0.6 is 12.4 Å². The Balaban J connectivity index is 0.00000242. The lowest BCUT2D eigenvalue weighted by Gasteiger charge is -2.39. The number of carbonyl (C=O) groups excluding carboxylic acids is 1. The van der Waals surface area contributed by atoms with Crippen molar-refractivity contribution in [2.75, 3.05) is 14.2 Å². The maximum atomic E-state index is 12.7. The van der Waals surface area contributed by atoms with Crippen LogP contribution in [0.3, 0.4) is 0 Å². The number of ether oxygens (including phenoxy) is 1. The van der Waals surface area contributed by atoms with Gasteiger partial charge in [0.1, 0.15) is 5.75 Å². The molecule has 1 aliphatic carbocycles. The summed E-state index contributed by atoms with van der Waals surface area (Å²) in [5.41, 5.74) is 6.97. The lowest BCUT2D eigenvalue weighted by molar-refractivity contribution is -0.138. The van der Waals surface area contributed by atoms with Gasteiger partial charge in [-0.3, -0.25) is 4.79 Å². The van der Waals surface area contributed by atoms with Crippen LogP contribution in [0.5, 0.6) is 5.75 Å². The number of rotatable bonds is 4. The molecule has 0 saturated heterocycles. The Labute approximate surface area is 139 Å². The third kappa shape index (κ3) is 4.14. The van der Waals surface area contributed by atoms with Gasteiger partial charge in [0.25, 0.3) is 0 Å². The second-order valence-electron chi connectivity index (χ2n) is 6.31. The number of methoxy groups -OCH3 is 1. The number of nitrogens with zero attached hydrogens (tertiary/aromatic N) is 1. The predicted molar refractivity (Wildman–Crippen MR) is 91.3 cm³/mol. The van der Waals surface area contributed by atoms with E-state index < -0.39 is 0 Å². The van der Waals surface area contributed by atoms with Gasteiger partial charge in [-0.05, 0) is 25.8 Å². The van der Waals surface area contributed by atoms with E-state index in [0.29, 0.717) is 6.54 Å². The normalized spacial score (nSPS) is 24.3. The van der Waals surface area contributed by atoms with E-state index in [4.69, 9.17) is 10.5 Å². The number of hydrogen-bond donors (Lipinski definition) is 1. The lowest BCUT2D eigenvalue weighted by atomic mass is 9.74. The third-order valence-corrected chi connectivity index (χ3v) is 4.53. The minimum absolute atomic E-state index is 0. The fraction of sp³-hybridized carbons (Fsp3) is 0.588. The van der Waals surface area contributed by atoms with Gasteiger partial charge in [0.15, 0.2) is 0 Å². The standard InChI is InChI=1S/C17H26N2O2.ClH/c1-17(18)11-7-6-9-14(17)16(20)19(2)12-13-8-4-5-10-15(13)21-3;/h4-5,8,10,14H,6-7,9,11-12,18H2,1-3H3;1H. The molecule has 0 spiro atoms. The molecule has 2 N–H and O–H groups in total. The summed E-state index contributed by atoms with van der Waals surface area (Å²) in [6, 6.07) is 7.80. The molecule has 0 bridgehead atoms. The molecule has 0 heterocycles. The van der Waals surface area contributed by atoms with Crippen molar-refractivity contribution < 1.29 is 9.53 Å². The molecule has 1 aromatic carbocycles. The molecule has 1 saturated carbocycles. The molecule has 2 atom stereocenters. The van der Waals surface area contributed by atoms with Gasteiger partial charge in [-0.15, -0.1) is 12.4 Å². The second kappa shape index (κ2) is 7.84. The molecule has 2 unspecified atom stereocenters. The summed E-state index contributed by atoms with van der Waals surface area (Å²) in [7, 11) is 3.50. The molecule has 2 rings (SSSR count). The first-order chi connectivity index (χ1) is 9.95. The van der Waals surface area contributed by atoms with Gasteiger partial charge in [-0.25, -0.2) is 0 Å². The molecule has 1 fully saturated rings. The first-order valence-corrected chi connectivity index (χ1v) is 7.61.